The molecular weight excluding hydrogens is 414 g/mol. The number of rotatable bonds is 8. The van der Waals surface area contributed by atoms with Gasteiger partial charge in [0.05, 0.1) is 48.0 Å². The number of aryl methyl sites for hydroxylation is 1. The lowest BCUT2D eigenvalue weighted by Gasteiger charge is -2.20. The van der Waals surface area contributed by atoms with Gasteiger partial charge in [0, 0.05) is 24.5 Å². The van der Waals surface area contributed by atoms with Crippen LogP contribution in [-0.2, 0) is 19.5 Å². The topological polar surface area (TPSA) is 135 Å². The van der Waals surface area contributed by atoms with Crippen LogP contribution in [-0.4, -0.2) is 81.3 Å². The number of hydrogen-bond donors (Lipinski definition) is 2. The molecule has 162 valence electrons. The summed E-state index contributed by atoms with van der Waals surface area (Å²) in [6.45, 7) is 2.17. The normalized spacial score (nSPS) is 15.1. The molecule has 0 aliphatic carbocycles. The van der Waals surface area contributed by atoms with Gasteiger partial charge in [-0.25, -0.2) is 8.42 Å². The molecule has 2 heterocycles. The van der Waals surface area contributed by atoms with Crippen LogP contribution in [0.5, 0.6) is 0 Å². The molecule has 10 nitrogen and oxygen atoms in total. The third-order valence-corrected chi connectivity index (χ3v) is 6.54. The van der Waals surface area contributed by atoms with E-state index in [2.05, 4.69) is 10.3 Å². The van der Waals surface area contributed by atoms with Crippen LogP contribution in [0.3, 0.4) is 0 Å². The highest BCUT2D eigenvalue weighted by molar-refractivity contribution is 7.89. The number of amides is 1. The second kappa shape index (κ2) is 9.14. The number of aliphatic hydroxyl groups excluding tert-OH is 1. The maximum atomic E-state index is 13.0. The molecule has 0 bridgehead atoms. The molecule has 1 amide bonds. The number of aliphatic hydroxyl groups is 1. The molecule has 3 rings (SSSR count). The number of nitrogens with one attached hydrogen (secondary N) is 1. The molecule has 2 aromatic rings. The Morgan fingerprint density at radius 1 is 1.37 bits per heavy atom. The quantitative estimate of drug-likeness (QED) is 0.554. The molecule has 30 heavy (non-hydrogen) atoms. The van der Waals surface area contributed by atoms with E-state index in [-0.39, 0.29) is 41.1 Å². The van der Waals surface area contributed by atoms with E-state index in [1.165, 1.54) is 25.2 Å². The first-order valence-corrected chi connectivity index (χ1v) is 10.7. The predicted molar refractivity (Wildman–Crippen MR) is 107 cm³/mol. The van der Waals surface area contributed by atoms with Crippen LogP contribution in [0.1, 0.15) is 26.4 Å². The zero-order valence-corrected chi connectivity index (χ0v) is 17.4. The van der Waals surface area contributed by atoms with Crippen molar-refractivity contribution in [3.8, 4) is 0 Å². The molecule has 2 N–H and O–H groups in total. The minimum atomic E-state index is -3.90. The Kier molecular flexibility index (Phi) is 6.78. The van der Waals surface area contributed by atoms with Crippen molar-refractivity contribution in [3.05, 3.63) is 35.0 Å². The second-order valence-electron chi connectivity index (χ2n) is 6.72. The average Bonchev–Trinajstić information content (AvgIpc) is 3.23. The van der Waals surface area contributed by atoms with Crippen LogP contribution in [0.4, 0.5) is 0 Å². The Morgan fingerprint density at radius 3 is 2.70 bits per heavy atom. The van der Waals surface area contributed by atoms with E-state index in [0.717, 1.165) is 4.31 Å². The Bertz CT molecular complexity index is 1070. The fourth-order valence-corrected chi connectivity index (χ4v) is 4.41. The molecule has 0 atom stereocenters. The van der Waals surface area contributed by atoms with Gasteiger partial charge < -0.3 is 19.9 Å². The number of carbonyl (C=O) groups is 2. The van der Waals surface area contributed by atoms with Crippen LogP contribution in [0.15, 0.2) is 23.1 Å². The highest BCUT2D eigenvalue weighted by Gasteiger charge is 2.28. The van der Waals surface area contributed by atoms with Gasteiger partial charge in [0.25, 0.3) is 5.91 Å². The first kappa shape index (κ1) is 22.2. The van der Waals surface area contributed by atoms with Gasteiger partial charge in [-0.15, -0.1) is 0 Å². The number of nitrogens with zero attached hydrogens (tertiary/aromatic N) is 2. The summed E-state index contributed by atoms with van der Waals surface area (Å²) in [4.78, 5) is 28.6. The number of sulfonamides is 1. The van der Waals surface area contributed by atoms with Gasteiger partial charge in [-0.2, -0.15) is 4.31 Å². The molecule has 0 saturated carbocycles. The van der Waals surface area contributed by atoms with Crippen molar-refractivity contribution in [2.75, 3.05) is 40.0 Å². The summed E-state index contributed by atoms with van der Waals surface area (Å²) >= 11 is 0. The summed E-state index contributed by atoms with van der Waals surface area (Å²) in [6.07, 6.45) is -0.132. The first-order chi connectivity index (χ1) is 14.3. The Hall–Kier alpha value is -2.44. The highest BCUT2D eigenvalue weighted by atomic mass is 32.2. The van der Waals surface area contributed by atoms with Crippen molar-refractivity contribution < 1.29 is 32.6 Å². The Labute approximate surface area is 173 Å². The third kappa shape index (κ3) is 4.35. The van der Waals surface area contributed by atoms with Crippen LogP contribution in [0.25, 0.3) is 10.9 Å². The molecule has 0 unspecified atom stereocenters. The number of carbonyl (C=O) groups excluding carboxylic acids is 2. The number of hydrogen-bond acceptors (Lipinski definition) is 8. The Morgan fingerprint density at radius 2 is 2.07 bits per heavy atom. The lowest BCUT2D eigenvalue weighted by atomic mass is 10.0. The van der Waals surface area contributed by atoms with Gasteiger partial charge in [-0.3, -0.25) is 14.6 Å². The van der Waals surface area contributed by atoms with Crippen molar-refractivity contribution in [3.63, 3.8) is 0 Å². The second-order valence-corrected chi connectivity index (χ2v) is 8.76. The smallest absolute Gasteiger partial charge is 0.253 e. The van der Waals surface area contributed by atoms with Gasteiger partial charge in [0.2, 0.25) is 10.0 Å². The van der Waals surface area contributed by atoms with E-state index in [9.17, 15) is 18.0 Å². The molecule has 11 heteroatoms. The van der Waals surface area contributed by atoms with E-state index < -0.39 is 22.2 Å². The maximum absolute atomic E-state index is 13.0. The highest BCUT2D eigenvalue weighted by Crippen LogP contribution is 2.26. The van der Waals surface area contributed by atoms with Gasteiger partial charge in [0.1, 0.15) is 0 Å². The van der Waals surface area contributed by atoms with Crippen molar-refractivity contribution in [1.29, 1.82) is 0 Å². The van der Waals surface area contributed by atoms with Gasteiger partial charge >= 0.3 is 0 Å². The summed E-state index contributed by atoms with van der Waals surface area (Å²) in [7, 11) is -2.50. The van der Waals surface area contributed by atoms with Crippen molar-refractivity contribution in [1.82, 2.24) is 14.6 Å². The van der Waals surface area contributed by atoms with Gasteiger partial charge in [-0.05, 0) is 25.1 Å². The number of aldehydes is 1. The SMILES string of the molecule is Cc1nc2ccc(S(=O)(=O)N(C)CC3OCCO3)cc2c(C=O)c1C(=O)NCCO. The number of fused-ring (bicyclic) bond motifs is 1. The molecule has 1 aliphatic rings. The standard InChI is InChI=1S/C19H23N3O7S/c1-12-18(19(25)20-5-6-23)15(11-24)14-9-13(3-4-16(14)21-12)30(26,27)22(2)10-17-28-7-8-29-17/h3-4,9,11,17,23H,5-8,10H2,1-2H3,(H,20,25). The zero-order valence-electron chi connectivity index (χ0n) is 16.6. The van der Waals surface area contributed by atoms with Crippen LogP contribution < -0.4 is 5.32 Å². The van der Waals surface area contributed by atoms with E-state index in [0.29, 0.717) is 30.7 Å². The van der Waals surface area contributed by atoms with E-state index in [4.69, 9.17) is 14.6 Å². The van der Waals surface area contributed by atoms with Crippen molar-refractivity contribution in [2.24, 2.45) is 0 Å². The molecule has 0 radical (unpaired) electrons. The zero-order chi connectivity index (χ0) is 21.9. The fourth-order valence-electron chi connectivity index (χ4n) is 3.22. The average molecular weight is 437 g/mol. The number of aromatic nitrogens is 1. The lowest BCUT2D eigenvalue weighted by Crippen LogP contribution is -2.34. The monoisotopic (exact) mass is 437 g/mol. The molecule has 1 aromatic heterocycles. The van der Waals surface area contributed by atoms with E-state index in [1.807, 2.05) is 0 Å². The van der Waals surface area contributed by atoms with Crippen LogP contribution >= 0.6 is 0 Å². The van der Waals surface area contributed by atoms with Crippen LogP contribution in [0, 0.1) is 6.92 Å². The summed E-state index contributed by atoms with van der Waals surface area (Å²) in [6, 6.07) is 4.22. The van der Waals surface area contributed by atoms with Crippen LogP contribution in [0.2, 0.25) is 0 Å². The molecule has 1 aromatic carbocycles. The number of pyridine rings is 1. The van der Waals surface area contributed by atoms with Gasteiger partial charge in [-0.1, -0.05) is 0 Å². The molecule has 1 saturated heterocycles. The maximum Gasteiger partial charge on any atom is 0.253 e. The summed E-state index contributed by atoms with van der Waals surface area (Å²) in [5, 5.41) is 11.7. The summed E-state index contributed by atoms with van der Waals surface area (Å²) in [5.41, 5.74) is 0.789. The first-order valence-electron chi connectivity index (χ1n) is 9.27. The number of benzene rings is 1. The lowest BCUT2D eigenvalue weighted by molar-refractivity contribution is -0.0482. The fraction of sp³-hybridized carbons (Fsp3) is 0.421. The van der Waals surface area contributed by atoms with Gasteiger partial charge in [0.15, 0.2) is 12.6 Å². The molecular formula is C19H23N3O7S. The Balaban J connectivity index is 2.04. The molecule has 0 spiro atoms. The van der Waals surface area contributed by atoms with E-state index in [1.54, 1.807) is 6.92 Å². The van der Waals surface area contributed by atoms with Crippen molar-refractivity contribution in [2.45, 2.75) is 18.1 Å². The minimum Gasteiger partial charge on any atom is -0.395 e. The molecule has 1 fully saturated rings. The summed E-state index contributed by atoms with van der Waals surface area (Å²) in [5.74, 6) is -0.570. The minimum absolute atomic E-state index is 0.0130. The summed E-state index contributed by atoms with van der Waals surface area (Å²) < 4.78 is 37.7. The number of ether oxygens (including phenoxy) is 2. The van der Waals surface area contributed by atoms with E-state index >= 15 is 0 Å². The molecule has 1 aliphatic heterocycles. The largest absolute Gasteiger partial charge is 0.395 e. The predicted octanol–water partition coefficient (Wildman–Crippen LogP) is 0.0712. The third-order valence-electron chi connectivity index (χ3n) is 4.72. The number of likely N-dealkylation sites (N-methyl/N-ethyl adjacent to an activating group) is 1. The van der Waals surface area contributed by atoms with Crippen molar-refractivity contribution >= 4 is 33.1 Å².